The first kappa shape index (κ1) is 27.6. The van der Waals surface area contributed by atoms with Gasteiger partial charge in [-0.2, -0.15) is 0 Å². The van der Waals surface area contributed by atoms with Gasteiger partial charge in [-0.3, -0.25) is 14.6 Å². The van der Waals surface area contributed by atoms with Gasteiger partial charge in [0.05, 0.1) is 18.2 Å². The second kappa shape index (κ2) is 12.1. The molecule has 1 N–H and O–H groups in total. The number of hydrogen-bond donors (Lipinski definition) is 1. The van der Waals surface area contributed by atoms with E-state index >= 15 is 0 Å². The molecule has 1 amide bonds. The number of ketones is 1. The highest BCUT2D eigenvalue weighted by molar-refractivity contribution is 6.46. The molecule has 5 rings (SSSR count). The van der Waals surface area contributed by atoms with Gasteiger partial charge in [0.2, 0.25) is 0 Å². The number of amides is 1. The maximum absolute atomic E-state index is 13.6. The summed E-state index contributed by atoms with van der Waals surface area (Å²) in [7, 11) is 0. The lowest BCUT2D eigenvalue weighted by molar-refractivity contribution is -0.140. The highest BCUT2D eigenvalue weighted by Gasteiger charge is 2.46. The summed E-state index contributed by atoms with van der Waals surface area (Å²) in [6.45, 7) is 6.68. The molecular weight excluding hydrogens is 516 g/mol. The monoisotopic (exact) mass is 548 g/mol. The molecular formula is C34H32N2O5. The number of aliphatic hydroxyl groups is 1. The van der Waals surface area contributed by atoms with E-state index in [0.717, 1.165) is 11.1 Å². The molecule has 0 saturated carbocycles. The topological polar surface area (TPSA) is 89.0 Å². The summed E-state index contributed by atoms with van der Waals surface area (Å²) in [6.07, 6.45) is 3.31. The fraction of sp³-hybridized carbons (Fsp3) is 0.206. The normalized spacial score (nSPS) is 16.3. The zero-order valence-corrected chi connectivity index (χ0v) is 23.3. The van der Waals surface area contributed by atoms with Gasteiger partial charge in [-0.05, 0) is 78.1 Å². The highest BCUT2D eigenvalue weighted by Crippen LogP contribution is 2.42. The zero-order valence-electron chi connectivity index (χ0n) is 23.3. The minimum Gasteiger partial charge on any atom is -0.507 e. The molecule has 3 aromatic carbocycles. The van der Waals surface area contributed by atoms with Gasteiger partial charge in [-0.25, -0.2) is 0 Å². The molecule has 1 fully saturated rings. The summed E-state index contributed by atoms with van der Waals surface area (Å²) in [5, 5.41) is 11.6. The molecule has 2 heterocycles. The molecule has 41 heavy (non-hydrogen) atoms. The number of pyridine rings is 1. The molecule has 1 saturated heterocycles. The van der Waals surface area contributed by atoms with Crippen LogP contribution in [0.1, 0.15) is 42.1 Å². The summed E-state index contributed by atoms with van der Waals surface area (Å²) < 4.78 is 11.9. The van der Waals surface area contributed by atoms with E-state index in [1.54, 1.807) is 36.7 Å². The van der Waals surface area contributed by atoms with Crippen molar-refractivity contribution in [3.63, 3.8) is 0 Å². The van der Waals surface area contributed by atoms with Crippen molar-refractivity contribution < 1.29 is 24.2 Å². The van der Waals surface area contributed by atoms with Gasteiger partial charge >= 0.3 is 0 Å². The molecule has 0 bridgehead atoms. The van der Waals surface area contributed by atoms with Gasteiger partial charge in [-0.15, -0.1) is 0 Å². The summed E-state index contributed by atoms with van der Waals surface area (Å²) in [4.78, 5) is 32.7. The highest BCUT2D eigenvalue weighted by atomic mass is 16.5. The number of likely N-dealkylation sites (tertiary alicyclic amines) is 1. The third kappa shape index (κ3) is 6.14. The van der Waals surface area contributed by atoms with Crippen LogP contribution in [-0.4, -0.2) is 33.3 Å². The average molecular weight is 549 g/mol. The Morgan fingerprint density at radius 1 is 0.927 bits per heavy atom. The third-order valence-electron chi connectivity index (χ3n) is 6.80. The largest absolute Gasteiger partial charge is 0.507 e. The van der Waals surface area contributed by atoms with Gasteiger partial charge in [0.15, 0.2) is 0 Å². The van der Waals surface area contributed by atoms with Crippen LogP contribution >= 0.6 is 0 Å². The first-order chi connectivity index (χ1) is 19.8. The Hall–Kier alpha value is -4.91. The minimum atomic E-state index is -0.842. The molecule has 1 atom stereocenters. The molecule has 1 aliphatic heterocycles. The minimum absolute atomic E-state index is 0.0229. The second-order valence-corrected chi connectivity index (χ2v) is 10.5. The molecule has 0 radical (unpaired) electrons. The summed E-state index contributed by atoms with van der Waals surface area (Å²) in [5.74, 6) is 0.569. The number of carbonyl (C=O) groups is 2. The molecule has 0 spiro atoms. The smallest absolute Gasteiger partial charge is 0.295 e. The van der Waals surface area contributed by atoms with E-state index in [-0.39, 0.29) is 17.9 Å². The Bertz CT molecular complexity index is 1580. The number of hydrogen-bond acceptors (Lipinski definition) is 6. The molecule has 1 aliphatic rings. The molecule has 7 nitrogen and oxygen atoms in total. The van der Waals surface area contributed by atoms with Crippen molar-refractivity contribution in [2.45, 2.75) is 33.4 Å². The molecule has 0 unspecified atom stereocenters. The maximum atomic E-state index is 13.6. The number of benzene rings is 3. The van der Waals surface area contributed by atoms with E-state index in [0.29, 0.717) is 40.9 Å². The van der Waals surface area contributed by atoms with Crippen molar-refractivity contribution in [2.75, 3.05) is 6.61 Å². The fourth-order valence-electron chi connectivity index (χ4n) is 4.85. The summed E-state index contributed by atoms with van der Waals surface area (Å²) in [5.41, 5.74) is 2.61. The number of nitrogens with zero attached hydrogens (tertiary/aromatic N) is 2. The van der Waals surface area contributed by atoms with Crippen LogP contribution in [0.3, 0.4) is 0 Å². The molecule has 1 aromatic heterocycles. The first-order valence-electron chi connectivity index (χ1n) is 13.6. The molecule has 4 aromatic rings. The van der Waals surface area contributed by atoms with Crippen LogP contribution < -0.4 is 9.47 Å². The number of para-hydroxylation sites is 1. The third-order valence-corrected chi connectivity index (χ3v) is 6.80. The zero-order chi connectivity index (χ0) is 28.9. The van der Waals surface area contributed by atoms with Gasteiger partial charge in [0.25, 0.3) is 11.7 Å². The molecule has 0 aliphatic carbocycles. The average Bonchev–Trinajstić information content (AvgIpc) is 3.22. The predicted octanol–water partition coefficient (Wildman–Crippen LogP) is 6.84. The number of rotatable bonds is 9. The van der Waals surface area contributed by atoms with Crippen LogP contribution in [0.5, 0.6) is 17.2 Å². The van der Waals surface area contributed by atoms with Gasteiger partial charge < -0.3 is 19.5 Å². The van der Waals surface area contributed by atoms with Gasteiger partial charge in [0, 0.05) is 24.5 Å². The number of aromatic nitrogens is 1. The van der Waals surface area contributed by atoms with Gasteiger partial charge in [0.1, 0.15) is 23.0 Å². The van der Waals surface area contributed by atoms with Crippen molar-refractivity contribution in [2.24, 2.45) is 5.92 Å². The molecule has 208 valence electrons. The fourth-order valence-corrected chi connectivity index (χ4v) is 4.85. The van der Waals surface area contributed by atoms with E-state index in [1.807, 2.05) is 67.6 Å². The Labute approximate surface area is 239 Å². The van der Waals surface area contributed by atoms with Crippen LogP contribution in [0.15, 0.2) is 103 Å². The lowest BCUT2D eigenvalue weighted by atomic mass is 9.93. The number of ether oxygens (including phenoxy) is 2. The second-order valence-electron chi connectivity index (χ2n) is 10.5. The Morgan fingerprint density at radius 2 is 1.71 bits per heavy atom. The van der Waals surface area contributed by atoms with Crippen molar-refractivity contribution in [1.82, 2.24) is 9.88 Å². The molecule has 7 heteroatoms. The first-order valence-corrected chi connectivity index (χ1v) is 13.6. The Balaban J connectivity index is 1.58. The van der Waals surface area contributed by atoms with Crippen LogP contribution in [0.25, 0.3) is 5.76 Å². The van der Waals surface area contributed by atoms with Crippen LogP contribution in [0.4, 0.5) is 0 Å². The van der Waals surface area contributed by atoms with E-state index in [9.17, 15) is 14.7 Å². The van der Waals surface area contributed by atoms with Crippen molar-refractivity contribution in [3.8, 4) is 17.2 Å². The predicted molar refractivity (Wildman–Crippen MR) is 157 cm³/mol. The maximum Gasteiger partial charge on any atom is 0.295 e. The summed E-state index contributed by atoms with van der Waals surface area (Å²) in [6, 6.07) is 24.7. The van der Waals surface area contributed by atoms with E-state index in [1.165, 1.54) is 4.90 Å². The quantitative estimate of drug-likeness (QED) is 0.140. The summed E-state index contributed by atoms with van der Waals surface area (Å²) >= 11 is 0. The standard InChI is InChI=1S/C34H32N2O5/c1-22(2)21-40-27-14-15-29(23(3)17-27)32(37)30-31(36(34(39)33(30)38)20-24-9-8-16-35-19-24)25-10-7-13-28(18-25)41-26-11-5-4-6-12-26/h4-19,22,31,37H,20-21H2,1-3H3/t31-/m1/s1. The number of Topliss-reactive ketones (excluding diaryl/α,β-unsaturated/α-hetero) is 1. The SMILES string of the molecule is Cc1cc(OCC(C)C)ccc1C(O)=C1C(=O)C(=O)N(Cc2cccnc2)[C@@H]1c1cccc(Oc2ccccc2)c1. The van der Waals surface area contributed by atoms with Crippen LogP contribution in [-0.2, 0) is 16.1 Å². The van der Waals surface area contributed by atoms with Crippen LogP contribution in [0.2, 0.25) is 0 Å². The van der Waals surface area contributed by atoms with Crippen molar-refractivity contribution in [3.05, 3.63) is 125 Å². The van der Waals surface area contributed by atoms with E-state index < -0.39 is 17.7 Å². The number of aliphatic hydroxyl groups excluding tert-OH is 1. The Kier molecular flexibility index (Phi) is 8.15. The lowest BCUT2D eigenvalue weighted by Gasteiger charge is -2.26. The van der Waals surface area contributed by atoms with Crippen molar-refractivity contribution >= 4 is 17.4 Å². The Morgan fingerprint density at radius 3 is 2.41 bits per heavy atom. The van der Waals surface area contributed by atoms with E-state index in [4.69, 9.17) is 9.47 Å². The van der Waals surface area contributed by atoms with E-state index in [2.05, 4.69) is 18.8 Å². The van der Waals surface area contributed by atoms with Crippen LogP contribution in [0, 0.1) is 12.8 Å². The number of aryl methyl sites for hydroxylation is 1. The van der Waals surface area contributed by atoms with Gasteiger partial charge in [-0.1, -0.05) is 50.2 Å². The van der Waals surface area contributed by atoms with Crippen molar-refractivity contribution in [1.29, 1.82) is 0 Å². The number of carbonyl (C=O) groups excluding carboxylic acids is 2. The lowest BCUT2D eigenvalue weighted by Crippen LogP contribution is -2.29.